The third-order valence-corrected chi connectivity index (χ3v) is 11.7. The molecule has 10 nitrogen and oxygen atoms in total. The summed E-state index contributed by atoms with van der Waals surface area (Å²) in [4.78, 5) is 0. The van der Waals surface area contributed by atoms with Crippen LogP contribution >= 0.6 is 0 Å². The van der Waals surface area contributed by atoms with E-state index < -0.39 is 8.32 Å². The van der Waals surface area contributed by atoms with Crippen molar-refractivity contribution in [3.8, 4) is 0 Å². The molecule has 0 amide bonds. The highest BCUT2D eigenvalue weighted by atomic mass is 28.4. The molecule has 11 heteroatoms. The maximum atomic E-state index is 6.08. The van der Waals surface area contributed by atoms with E-state index in [0.717, 1.165) is 13.0 Å². The Bertz CT molecular complexity index is 549. The van der Waals surface area contributed by atoms with Gasteiger partial charge in [-0.1, -0.05) is 59.8 Å². The molecule has 0 spiro atoms. The van der Waals surface area contributed by atoms with Crippen molar-refractivity contribution < 1.29 is 47.1 Å². The van der Waals surface area contributed by atoms with Crippen LogP contribution in [0.2, 0.25) is 18.1 Å². The van der Waals surface area contributed by atoms with E-state index in [2.05, 4.69) is 40.8 Å². The van der Waals surface area contributed by atoms with Crippen molar-refractivity contribution in [2.24, 2.45) is 0 Å². The van der Waals surface area contributed by atoms with Crippen molar-refractivity contribution in [3.05, 3.63) is 0 Å². The first-order chi connectivity index (χ1) is 20.8. The fourth-order valence-corrected chi connectivity index (χ4v) is 4.44. The molecule has 0 bridgehead atoms. The monoisotopic (exact) mass is 640 g/mol. The molecule has 0 radical (unpaired) electrons. The maximum absolute atomic E-state index is 6.08. The predicted octanol–water partition coefficient (Wildman–Crippen LogP) is 5.52. The zero-order valence-corrected chi connectivity index (χ0v) is 29.8. The minimum Gasteiger partial charge on any atom is -0.414 e. The topological polar surface area (TPSA) is 92.3 Å². The van der Waals surface area contributed by atoms with Gasteiger partial charge in [-0.3, -0.25) is 0 Å². The van der Waals surface area contributed by atoms with Gasteiger partial charge >= 0.3 is 0 Å². The van der Waals surface area contributed by atoms with Gasteiger partial charge in [-0.2, -0.15) is 0 Å². The largest absolute Gasteiger partial charge is 0.414 e. The third-order valence-electron chi connectivity index (χ3n) is 7.12. The second-order valence-corrected chi connectivity index (χ2v) is 16.7. The van der Waals surface area contributed by atoms with Gasteiger partial charge in [-0.15, -0.1) is 0 Å². The van der Waals surface area contributed by atoms with E-state index in [1.807, 2.05) is 0 Å². The number of hydrogen-bond acceptors (Lipinski definition) is 10. The molecule has 0 aromatic carbocycles. The van der Waals surface area contributed by atoms with Crippen LogP contribution in [0.5, 0.6) is 0 Å². The van der Waals surface area contributed by atoms with Crippen molar-refractivity contribution in [1.29, 1.82) is 0 Å². The average Bonchev–Trinajstić information content (AvgIpc) is 2.96. The number of unbranched alkanes of at least 4 members (excludes halogenated alkanes) is 5. The van der Waals surface area contributed by atoms with E-state index in [1.54, 1.807) is 0 Å². The molecule has 0 fully saturated rings. The molecule has 0 N–H and O–H groups in total. The standard InChI is InChI=1S/C32H68O10Si/c1-7-8-9-10-11-12-13-33-14-15-34-16-17-35-18-19-36-20-21-37-22-23-38-24-25-39-26-27-40-28-29-41-30-31-42-43(5,6)32(2,3)4/h7-31H2,1-6H3. The van der Waals surface area contributed by atoms with E-state index >= 15 is 0 Å². The molecule has 0 aliphatic carbocycles. The smallest absolute Gasteiger partial charge is 0.192 e. The Morgan fingerprint density at radius 2 is 0.605 bits per heavy atom. The van der Waals surface area contributed by atoms with Gasteiger partial charge in [0.15, 0.2) is 8.32 Å². The number of rotatable bonds is 35. The van der Waals surface area contributed by atoms with Crippen LogP contribution in [-0.2, 0) is 47.1 Å². The Labute approximate surface area is 265 Å². The van der Waals surface area contributed by atoms with Crippen LogP contribution in [0.4, 0.5) is 0 Å². The summed E-state index contributed by atoms with van der Waals surface area (Å²) in [5, 5.41) is 0.223. The van der Waals surface area contributed by atoms with Crippen molar-refractivity contribution in [2.45, 2.75) is 84.4 Å². The van der Waals surface area contributed by atoms with E-state index in [1.165, 1.54) is 32.1 Å². The summed E-state index contributed by atoms with van der Waals surface area (Å²) >= 11 is 0. The van der Waals surface area contributed by atoms with Crippen molar-refractivity contribution in [2.75, 3.05) is 126 Å². The summed E-state index contributed by atoms with van der Waals surface area (Å²) in [5.41, 5.74) is 0. The van der Waals surface area contributed by atoms with E-state index in [9.17, 15) is 0 Å². The normalized spacial score (nSPS) is 12.4. The molecule has 0 aromatic rings. The van der Waals surface area contributed by atoms with Crippen LogP contribution in [0.3, 0.4) is 0 Å². The Morgan fingerprint density at radius 3 is 0.907 bits per heavy atom. The lowest BCUT2D eigenvalue weighted by Crippen LogP contribution is -2.41. The third kappa shape index (κ3) is 31.6. The lowest BCUT2D eigenvalue weighted by molar-refractivity contribution is -0.0255. The van der Waals surface area contributed by atoms with Crippen molar-refractivity contribution in [3.63, 3.8) is 0 Å². The van der Waals surface area contributed by atoms with Crippen LogP contribution in [0.25, 0.3) is 0 Å². The van der Waals surface area contributed by atoms with Crippen LogP contribution in [-0.4, -0.2) is 134 Å². The Hall–Kier alpha value is -0.183. The van der Waals surface area contributed by atoms with Gasteiger partial charge in [-0.05, 0) is 24.6 Å². The molecular weight excluding hydrogens is 572 g/mol. The van der Waals surface area contributed by atoms with Crippen LogP contribution < -0.4 is 0 Å². The minimum absolute atomic E-state index is 0.223. The molecule has 0 atom stereocenters. The van der Waals surface area contributed by atoms with Gasteiger partial charge in [0.05, 0.1) is 119 Å². The summed E-state index contributed by atoms with van der Waals surface area (Å²) in [5.74, 6) is 0. The van der Waals surface area contributed by atoms with Gasteiger partial charge in [-0.25, -0.2) is 0 Å². The minimum atomic E-state index is -1.69. The summed E-state index contributed by atoms with van der Waals surface area (Å²) in [6.07, 6.45) is 7.70. The van der Waals surface area contributed by atoms with Gasteiger partial charge in [0.25, 0.3) is 0 Å². The molecule has 43 heavy (non-hydrogen) atoms. The summed E-state index contributed by atoms with van der Waals surface area (Å²) in [6.45, 7) is 24.4. The average molecular weight is 641 g/mol. The van der Waals surface area contributed by atoms with Crippen molar-refractivity contribution >= 4 is 8.32 Å². The van der Waals surface area contributed by atoms with Crippen LogP contribution in [0.15, 0.2) is 0 Å². The van der Waals surface area contributed by atoms with Crippen LogP contribution in [0, 0.1) is 0 Å². The summed E-state index contributed by atoms with van der Waals surface area (Å²) < 4.78 is 55.8. The van der Waals surface area contributed by atoms with E-state index in [0.29, 0.717) is 119 Å². The van der Waals surface area contributed by atoms with Gasteiger partial charge in [0.1, 0.15) is 0 Å². The first-order valence-electron chi connectivity index (χ1n) is 16.6. The fraction of sp³-hybridized carbons (Fsp3) is 1.00. The Kier molecular flexibility index (Phi) is 31.6. The first kappa shape index (κ1) is 42.8. The first-order valence-corrected chi connectivity index (χ1v) is 19.6. The number of ether oxygens (including phenoxy) is 9. The van der Waals surface area contributed by atoms with E-state index in [4.69, 9.17) is 47.1 Å². The van der Waals surface area contributed by atoms with E-state index in [-0.39, 0.29) is 5.04 Å². The molecule has 0 rings (SSSR count). The highest BCUT2D eigenvalue weighted by molar-refractivity contribution is 6.74. The fourth-order valence-electron chi connectivity index (χ4n) is 3.42. The van der Waals surface area contributed by atoms with Crippen LogP contribution in [0.1, 0.15) is 66.2 Å². The molecular formula is C32H68O10Si. The molecule has 0 saturated heterocycles. The lowest BCUT2D eigenvalue weighted by atomic mass is 10.1. The highest BCUT2D eigenvalue weighted by Crippen LogP contribution is 2.36. The summed E-state index contributed by atoms with van der Waals surface area (Å²) in [6, 6.07) is 0. The van der Waals surface area contributed by atoms with Gasteiger partial charge in [0, 0.05) is 6.61 Å². The highest BCUT2D eigenvalue weighted by Gasteiger charge is 2.36. The predicted molar refractivity (Wildman–Crippen MR) is 174 cm³/mol. The molecule has 0 aliphatic heterocycles. The Balaban J connectivity index is 3.12. The molecule has 260 valence electrons. The molecule has 0 saturated carbocycles. The second kappa shape index (κ2) is 31.8. The zero-order valence-electron chi connectivity index (χ0n) is 28.8. The van der Waals surface area contributed by atoms with Gasteiger partial charge in [0.2, 0.25) is 0 Å². The SMILES string of the molecule is CCCCCCCCOCCOCCOCCOCCOCCOCCOCCOCCOCCO[Si](C)(C)C(C)(C)C. The number of hydrogen-bond donors (Lipinski definition) is 0. The Morgan fingerprint density at radius 1 is 0.349 bits per heavy atom. The molecule has 0 unspecified atom stereocenters. The van der Waals surface area contributed by atoms with Crippen molar-refractivity contribution in [1.82, 2.24) is 0 Å². The molecule has 0 heterocycles. The molecule has 0 aromatic heterocycles. The lowest BCUT2D eigenvalue weighted by Gasteiger charge is -2.36. The quantitative estimate of drug-likeness (QED) is 0.0652. The summed E-state index contributed by atoms with van der Waals surface area (Å²) in [7, 11) is -1.69. The van der Waals surface area contributed by atoms with Gasteiger partial charge < -0.3 is 47.1 Å². The second-order valence-electron chi connectivity index (χ2n) is 11.9. The zero-order chi connectivity index (χ0) is 31.7. The maximum Gasteiger partial charge on any atom is 0.192 e. The molecule has 0 aliphatic rings.